The summed E-state index contributed by atoms with van der Waals surface area (Å²) in [6.45, 7) is 1.89. The number of carbonyl (C=O) groups is 1. The Kier molecular flexibility index (Phi) is 4.18. The van der Waals surface area contributed by atoms with Crippen LogP contribution in [0.1, 0.15) is 17.3 Å². The minimum atomic E-state index is -0.594. The number of halogens is 1. The summed E-state index contributed by atoms with van der Waals surface area (Å²) in [4.78, 5) is 11.9. The van der Waals surface area contributed by atoms with Crippen molar-refractivity contribution >= 4 is 23.4 Å². The fourth-order valence-electron chi connectivity index (χ4n) is 1.44. The lowest BCUT2D eigenvalue weighted by molar-refractivity contribution is 0.0527. The fraction of sp³-hybridized carbons (Fsp3) is 0.273. The molecule has 1 heterocycles. The molecule has 2 aromatic rings. The van der Waals surface area contributed by atoms with Crippen LogP contribution in [0.15, 0.2) is 22.2 Å². The molecule has 0 fully saturated rings. The number of aryl methyl sites for hydroxylation is 1. The lowest BCUT2D eigenvalue weighted by Gasteiger charge is -2.08. The number of hydrogen-bond donors (Lipinski definition) is 1. The second kappa shape index (κ2) is 5.87. The van der Waals surface area contributed by atoms with Gasteiger partial charge in [0.15, 0.2) is 0 Å². The topological polar surface area (TPSA) is 95.9 Å². The number of esters is 1. The van der Waals surface area contributed by atoms with Gasteiger partial charge in [-0.05, 0) is 41.2 Å². The molecule has 0 atom stereocenters. The van der Waals surface area contributed by atoms with Crippen LogP contribution < -0.4 is 5.73 Å². The molecule has 9 heteroatoms. The molecule has 2 rings (SSSR count). The third-order valence-corrected chi connectivity index (χ3v) is 3.44. The Bertz CT molecular complexity index is 646. The van der Waals surface area contributed by atoms with E-state index in [9.17, 15) is 9.18 Å². The largest absolute Gasteiger partial charge is 0.462 e. The molecule has 0 saturated heterocycles. The molecule has 1 aromatic carbocycles. The van der Waals surface area contributed by atoms with Crippen molar-refractivity contribution in [2.75, 3.05) is 12.3 Å². The van der Waals surface area contributed by atoms with Crippen LogP contribution in [0.4, 0.5) is 10.1 Å². The third-order valence-electron chi connectivity index (χ3n) is 2.38. The number of aromatic nitrogens is 4. The third kappa shape index (κ3) is 2.87. The van der Waals surface area contributed by atoms with Crippen molar-refractivity contribution in [3.63, 3.8) is 0 Å². The molecule has 0 saturated carbocycles. The second-order valence-corrected chi connectivity index (χ2v) is 4.79. The zero-order valence-corrected chi connectivity index (χ0v) is 11.6. The summed E-state index contributed by atoms with van der Waals surface area (Å²) in [5.41, 5.74) is 5.77. The first-order valence-electron chi connectivity index (χ1n) is 5.69. The van der Waals surface area contributed by atoms with Gasteiger partial charge in [-0.25, -0.2) is 13.9 Å². The molecule has 0 bridgehead atoms. The van der Waals surface area contributed by atoms with E-state index in [1.807, 2.05) is 0 Å². The zero-order chi connectivity index (χ0) is 14.7. The molecule has 7 nitrogen and oxygen atoms in total. The van der Waals surface area contributed by atoms with E-state index in [2.05, 4.69) is 15.5 Å². The Morgan fingerprint density at radius 3 is 2.90 bits per heavy atom. The first kappa shape index (κ1) is 14.3. The van der Waals surface area contributed by atoms with Gasteiger partial charge in [-0.15, -0.1) is 5.10 Å². The molecule has 106 valence electrons. The Morgan fingerprint density at radius 1 is 1.55 bits per heavy atom. The number of rotatable bonds is 4. The van der Waals surface area contributed by atoms with Gasteiger partial charge in [0.2, 0.25) is 5.16 Å². The number of carbonyl (C=O) groups excluding carboxylic acids is 1. The Hall–Kier alpha value is -2.16. The molecule has 20 heavy (non-hydrogen) atoms. The Morgan fingerprint density at radius 2 is 2.30 bits per heavy atom. The van der Waals surface area contributed by atoms with Crippen LogP contribution in [-0.4, -0.2) is 32.8 Å². The molecule has 0 spiro atoms. The molecule has 0 unspecified atom stereocenters. The maximum Gasteiger partial charge on any atom is 0.340 e. The second-order valence-electron chi connectivity index (χ2n) is 3.78. The van der Waals surface area contributed by atoms with E-state index in [0.29, 0.717) is 5.16 Å². The summed E-state index contributed by atoms with van der Waals surface area (Å²) in [5.74, 6) is -1.15. The number of nitrogens with zero attached hydrogens (tertiary/aromatic N) is 4. The van der Waals surface area contributed by atoms with E-state index in [1.165, 1.54) is 10.7 Å². The monoisotopic (exact) mass is 297 g/mol. The van der Waals surface area contributed by atoms with Crippen molar-refractivity contribution < 1.29 is 13.9 Å². The molecule has 1 aromatic heterocycles. The van der Waals surface area contributed by atoms with Gasteiger partial charge in [0, 0.05) is 12.7 Å². The summed E-state index contributed by atoms with van der Waals surface area (Å²) in [7, 11) is 1.63. The van der Waals surface area contributed by atoms with Crippen molar-refractivity contribution in [3.05, 3.63) is 23.5 Å². The van der Waals surface area contributed by atoms with E-state index in [-0.39, 0.29) is 22.8 Å². The maximum atomic E-state index is 13.9. The molecule has 0 radical (unpaired) electrons. The van der Waals surface area contributed by atoms with Gasteiger partial charge < -0.3 is 10.5 Å². The van der Waals surface area contributed by atoms with E-state index in [4.69, 9.17) is 10.5 Å². The lowest BCUT2D eigenvalue weighted by atomic mass is 10.2. The summed E-state index contributed by atoms with van der Waals surface area (Å²) in [6, 6.07) is 2.42. The molecular formula is C11H12FN5O2S. The number of tetrazole rings is 1. The number of benzene rings is 1. The lowest BCUT2D eigenvalue weighted by Crippen LogP contribution is -2.09. The average Bonchev–Trinajstić information content (AvgIpc) is 2.78. The number of nitrogens with two attached hydrogens (primary N) is 1. The summed E-state index contributed by atoms with van der Waals surface area (Å²) in [5, 5.41) is 11.2. The Labute approximate surface area is 118 Å². The van der Waals surface area contributed by atoms with E-state index < -0.39 is 11.8 Å². The van der Waals surface area contributed by atoms with Crippen molar-refractivity contribution in [2.24, 2.45) is 7.05 Å². The van der Waals surface area contributed by atoms with Crippen LogP contribution in [0.3, 0.4) is 0 Å². The van der Waals surface area contributed by atoms with Crippen LogP contribution in [-0.2, 0) is 11.8 Å². The van der Waals surface area contributed by atoms with Gasteiger partial charge in [0.1, 0.15) is 5.82 Å². The summed E-state index contributed by atoms with van der Waals surface area (Å²) >= 11 is 0.994. The van der Waals surface area contributed by atoms with Gasteiger partial charge in [0.25, 0.3) is 0 Å². The molecule has 0 aliphatic carbocycles. The highest BCUT2D eigenvalue weighted by Crippen LogP contribution is 2.31. The van der Waals surface area contributed by atoms with Gasteiger partial charge in [-0.1, -0.05) is 0 Å². The Balaban J connectivity index is 2.36. The zero-order valence-electron chi connectivity index (χ0n) is 10.8. The summed E-state index contributed by atoms with van der Waals surface area (Å²) in [6.07, 6.45) is 0. The minimum absolute atomic E-state index is 0.0291. The van der Waals surface area contributed by atoms with E-state index >= 15 is 0 Å². The molecule has 0 aliphatic rings. The molecular weight excluding hydrogens is 285 g/mol. The van der Waals surface area contributed by atoms with E-state index in [0.717, 1.165) is 17.8 Å². The number of ether oxygens (including phenoxy) is 1. The standard InChI is InChI=1S/C11H12FN5O2S/c1-3-19-10(18)6-4-9(7(12)5-8(6)13)20-11-14-15-16-17(11)2/h4-5H,3,13H2,1-2H3. The quantitative estimate of drug-likeness (QED) is 0.670. The van der Waals surface area contributed by atoms with Crippen LogP contribution in [0.2, 0.25) is 0 Å². The van der Waals surface area contributed by atoms with E-state index in [1.54, 1.807) is 14.0 Å². The van der Waals surface area contributed by atoms with Crippen LogP contribution >= 0.6 is 11.8 Å². The molecule has 0 amide bonds. The fourth-order valence-corrected chi connectivity index (χ4v) is 2.21. The number of nitrogen functional groups attached to an aromatic ring is 1. The average molecular weight is 297 g/mol. The predicted molar refractivity (Wildman–Crippen MR) is 69.7 cm³/mol. The number of anilines is 1. The molecule has 2 N–H and O–H groups in total. The first-order valence-corrected chi connectivity index (χ1v) is 6.51. The molecule has 0 aliphatic heterocycles. The first-order chi connectivity index (χ1) is 9.52. The van der Waals surface area contributed by atoms with Gasteiger partial charge in [0.05, 0.1) is 17.1 Å². The highest BCUT2D eigenvalue weighted by atomic mass is 32.2. The normalized spacial score (nSPS) is 10.6. The van der Waals surface area contributed by atoms with Crippen LogP contribution in [0.25, 0.3) is 0 Å². The van der Waals surface area contributed by atoms with Gasteiger partial charge in [-0.3, -0.25) is 0 Å². The summed E-state index contributed by atoms with van der Waals surface area (Å²) < 4.78 is 20.1. The van der Waals surface area contributed by atoms with Crippen molar-refractivity contribution in [2.45, 2.75) is 17.0 Å². The van der Waals surface area contributed by atoms with Crippen molar-refractivity contribution in [1.29, 1.82) is 0 Å². The number of hydrogen-bond acceptors (Lipinski definition) is 7. The van der Waals surface area contributed by atoms with Crippen LogP contribution in [0.5, 0.6) is 0 Å². The predicted octanol–water partition coefficient (Wildman–Crippen LogP) is 1.26. The van der Waals surface area contributed by atoms with Crippen molar-refractivity contribution in [3.8, 4) is 0 Å². The van der Waals surface area contributed by atoms with Crippen molar-refractivity contribution in [1.82, 2.24) is 20.2 Å². The highest BCUT2D eigenvalue weighted by molar-refractivity contribution is 7.99. The highest BCUT2D eigenvalue weighted by Gasteiger charge is 2.17. The smallest absolute Gasteiger partial charge is 0.340 e. The van der Waals surface area contributed by atoms with Gasteiger partial charge in [-0.2, -0.15) is 0 Å². The van der Waals surface area contributed by atoms with Gasteiger partial charge >= 0.3 is 5.97 Å². The SMILES string of the molecule is CCOC(=O)c1cc(Sc2nnnn2C)c(F)cc1N. The maximum absolute atomic E-state index is 13.9. The minimum Gasteiger partial charge on any atom is -0.462 e. The van der Waals surface area contributed by atoms with Crippen LogP contribution in [0, 0.1) is 5.82 Å².